The summed E-state index contributed by atoms with van der Waals surface area (Å²) in [5.41, 5.74) is 5.92. The Bertz CT molecular complexity index is 320. The Morgan fingerprint density at radius 1 is 1.69 bits per heavy atom. The first-order chi connectivity index (χ1) is 6.18. The van der Waals surface area contributed by atoms with Crippen molar-refractivity contribution in [1.82, 2.24) is 4.98 Å². The Hall–Kier alpha value is -2.11. The second-order valence-corrected chi connectivity index (χ2v) is 2.16. The summed E-state index contributed by atoms with van der Waals surface area (Å²) in [4.78, 5) is 13.0. The number of anilines is 2. The molecule has 1 aromatic heterocycles. The Kier molecular flexibility index (Phi) is 2.80. The van der Waals surface area contributed by atoms with Crippen LogP contribution in [0.1, 0.15) is 0 Å². The number of nitrogens with one attached hydrogen (secondary N) is 1. The maximum Gasteiger partial charge on any atom is 0.260 e. The molecular weight excluding hydrogens is 172 g/mol. The molecular formula is C7H7N4O2. The zero-order chi connectivity index (χ0) is 9.68. The third kappa shape index (κ3) is 3.19. The van der Waals surface area contributed by atoms with Crippen LogP contribution in [-0.2, 0) is 0 Å². The Labute approximate surface area is 74.2 Å². The lowest BCUT2D eigenvalue weighted by Gasteiger charge is -1.97. The van der Waals surface area contributed by atoms with Crippen molar-refractivity contribution in [3.05, 3.63) is 40.8 Å². The first kappa shape index (κ1) is 8.98. The summed E-state index contributed by atoms with van der Waals surface area (Å²) in [5, 5.41) is 12.4. The fourth-order valence-electron chi connectivity index (χ4n) is 0.648. The number of nitrogen functional groups attached to an aromatic ring is 1. The third-order valence-electron chi connectivity index (χ3n) is 1.17. The van der Waals surface area contributed by atoms with Gasteiger partial charge in [0.1, 0.15) is 12.0 Å². The molecule has 0 saturated carbocycles. The van der Waals surface area contributed by atoms with E-state index in [9.17, 15) is 10.1 Å². The van der Waals surface area contributed by atoms with Crippen molar-refractivity contribution < 1.29 is 4.92 Å². The topological polar surface area (TPSA) is 94.1 Å². The van der Waals surface area contributed by atoms with E-state index in [2.05, 4.69) is 16.5 Å². The van der Waals surface area contributed by atoms with Crippen molar-refractivity contribution in [3.8, 4) is 0 Å². The highest BCUT2D eigenvalue weighted by Gasteiger charge is 1.90. The van der Waals surface area contributed by atoms with Gasteiger partial charge in [-0.15, -0.1) is 0 Å². The average molecular weight is 179 g/mol. The largest absolute Gasteiger partial charge is 0.384 e. The van der Waals surface area contributed by atoms with Gasteiger partial charge in [-0.2, -0.15) is 0 Å². The lowest BCUT2D eigenvalue weighted by molar-refractivity contribution is -0.403. The second kappa shape index (κ2) is 4.05. The molecule has 0 amide bonds. The van der Waals surface area contributed by atoms with Gasteiger partial charge in [0.2, 0.25) is 0 Å². The smallest absolute Gasteiger partial charge is 0.260 e. The molecule has 6 heteroatoms. The van der Waals surface area contributed by atoms with Gasteiger partial charge in [0.15, 0.2) is 0 Å². The number of nitro groups is 1. The lowest BCUT2D eigenvalue weighted by Crippen LogP contribution is -1.94. The minimum atomic E-state index is -0.613. The molecule has 0 aromatic carbocycles. The van der Waals surface area contributed by atoms with Crippen LogP contribution >= 0.6 is 0 Å². The predicted octanol–water partition coefficient (Wildman–Crippen LogP) is 0.627. The number of pyridine rings is 1. The molecule has 13 heavy (non-hydrogen) atoms. The van der Waals surface area contributed by atoms with Gasteiger partial charge in [0.05, 0.1) is 16.8 Å². The first-order valence-corrected chi connectivity index (χ1v) is 3.38. The number of aromatic nitrogens is 1. The first-order valence-electron chi connectivity index (χ1n) is 3.38. The predicted molar refractivity (Wildman–Crippen MR) is 47.1 cm³/mol. The van der Waals surface area contributed by atoms with Gasteiger partial charge in [-0.1, -0.05) is 0 Å². The normalized spacial score (nSPS) is 10.2. The summed E-state index contributed by atoms with van der Waals surface area (Å²) in [5.74, 6) is 0.392. The third-order valence-corrected chi connectivity index (χ3v) is 1.17. The van der Waals surface area contributed by atoms with E-state index in [1.54, 1.807) is 12.1 Å². The van der Waals surface area contributed by atoms with Gasteiger partial charge >= 0.3 is 0 Å². The van der Waals surface area contributed by atoms with Crippen molar-refractivity contribution in [2.75, 3.05) is 11.1 Å². The van der Waals surface area contributed by atoms with E-state index >= 15 is 0 Å². The quantitative estimate of drug-likeness (QED) is 0.403. The van der Waals surface area contributed by atoms with Gasteiger partial charge in [-0.3, -0.25) is 10.1 Å². The Morgan fingerprint density at radius 3 is 3.00 bits per heavy atom. The summed E-state index contributed by atoms with van der Waals surface area (Å²) < 4.78 is 0. The van der Waals surface area contributed by atoms with Crippen molar-refractivity contribution >= 4 is 11.5 Å². The maximum atomic E-state index is 9.86. The maximum absolute atomic E-state index is 9.86. The SMILES string of the molecule is Nc1ccc(N/[C]=C/[N+](=O)[O-])cn1. The highest BCUT2D eigenvalue weighted by molar-refractivity contribution is 5.45. The summed E-state index contributed by atoms with van der Waals surface area (Å²) in [6.45, 7) is 0. The molecule has 0 fully saturated rings. The molecule has 6 nitrogen and oxygen atoms in total. The molecule has 3 N–H and O–H groups in total. The highest BCUT2D eigenvalue weighted by Crippen LogP contribution is 2.05. The fourth-order valence-corrected chi connectivity index (χ4v) is 0.648. The van der Waals surface area contributed by atoms with Gasteiger partial charge in [0.25, 0.3) is 6.20 Å². The van der Waals surface area contributed by atoms with Crippen LogP contribution in [0.4, 0.5) is 11.5 Å². The standard InChI is InChI=1S/C7H7N4O2/c8-7-2-1-6(5-10-7)9-3-4-11(12)13/h1-2,4-5,9H,(H2,8,10). The van der Waals surface area contributed by atoms with Crippen LogP contribution in [0.3, 0.4) is 0 Å². The van der Waals surface area contributed by atoms with Crippen LogP contribution in [0, 0.1) is 16.3 Å². The summed E-state index contributed by atoms with van der Waals surface area (Å²) in [6, 6.07) is 3.22. The lowest BCUT2D eigenvalue weighted by atomic mass is 10.4. The fraction of sp³-hybridized carbons (Fsp3) is 0. The molecule has 0 unspecified atom stereocenters. The molecule has 0 bridgehead atoms. The van der Waals surface area contributed by atoms with Crippen molar-refractivity contribution in [1.29, 1.82) is 0 Å². The Balaban J connectivity index is 2.55. The van der Waals surface area contributed by atoms with Crippen LogP contribution in [0.15, 0.2) is 24.5 Å². The van der Waals surface area contributed by atoms with E-state index in [0.29, 0.717) is 17.7 Å². The average Bonchev–Trinajstić information content (AvgIpc) is 2.08. The van der Waals surface area contributed by atoms with Gasteiger partial charge in [-0.25, -0.2) is 4.98 Å². The molecule has 0 aliphatic rings. The van der Waals surface area contributed by atoms with E-state index in [1.165, 1.54) is 6.20 Å². The van der Waals surface area contributed by atoms with Crippen molar-refractivity contribution in [3.63, 3.8) is 0 Å². The molecule has 0 aliphatic heterocycles. The van der Waals surface area contributed by atoms with E-state index in [1.807, 2.05) is 0 Å². The van der Waals surface area contributed by atoms with E-state index in [-0.39, 0.29) is 0 Å². The van der Waals surface area contributed by atoms with Crippen LogP contribution in [0.25, 0.3) is 0 Å². The number of nitrogens with two attached hydrogens (primary N) is 1. The second-order valence-electron chi connectivity index (χ2n) is 2.16. The number of hydrogen-bond donors (Lipinski definition) is 2. The summed E-state index contributed by atoms with van der Waals surface area (Å²) in [6.07, 6.45) is 4.40. The molecule has 1 heterocycles. The van der Waals surface area contributed by atoms with E-state index in [4.69, 9.17) is 5.73 Å². The van der Waals surface area contributed by atoms with Gasteiger partial charge < -0.3 is 11.1 Å². The molecule has 67 valence electrons. The van der Waals surface area contributed by atoms with Crippen LogP contribution in [0.2, 0.25) is 0 Å². The van der Waals surface area contributed by atoms with Gasteiger partial charge in [-0.05, 0) is 12.1 Å². The van der Waals surface area contributed by atoms with E-state index < -0.39 is 4.92 Å². The minimum absolute atomic E-state index is 0.392. The zero-order valence-electron chi connectivity index (χ0n) is 6.60. The van der Waals surface area contributed by atoms with E-state index in [0.717, 1.165) is 0 Å². The number of nitrogens with zero attached hydrogens (tertiary/aromatic N) is 2. The molecule has 0 aliphatic carbocycles. The van der Waals surface area contributed by atoms with Gasteiger partial charge in [0, 0.05) is 0 Å². The molecule has 0 spiro atoms. The molecule has 0 saturated heterocycles. The molecule has 1 radical (unpaired) electrons. The van der Waals surface area contributed by atoms with Crippen molar-refractivity contribution in [2.24, 2.45) is 0 Å². The minimum Gasteiger partial charge on any atom is -0.384 e. The summed E-state index contributed by atoms with van der Waals surface area (Å²) >= 11 is 0. The number of rotatable bonds is 3. The Morgan fingerprint density at radius 2 is 2.46 bits per heavy atom. The molecule has 1 rings (SSSR count). The number of hydrogen-bond acceptors (Lipinski definition) is 5. The van der Waals surface area contributed by atoms with Crippen LogP contribution < -0.4 is 11.1 Å². The zero-order valence-corrected chi connectivity index (χ0v) is 6.60. The molecule has 1 aromatic rings. The van der Waals surface area contributed by atoms with Crippen molar-refractivity contribution in [2.45, 2.75) is 0 Å². The summed E-state index contributed by atoms with van der Waals surface area (Å²) in [7, 11) is 0. The van der Waals surface area contributed by atoms with Crippen LogP contribution in [-0.4, -0.2) is 9.91 Å². The highest BCUT2D eigenvalue weighted by atomic mass is 16.6. The molecule has 0 atom stereocenters. The van der Waals surface area contributed by atoms with Crippen LogP contribution in [0.5, 0.6) is 0 Å². The monoisotopic (exact) mass is 179 g/mol.